The molecule has 0 radical (unpaired) electrons. The summed E-state index contributed by atoms with van der Waals surface area (Å²) in [6.07, 6.45) is 0.968. The molecule has 140 valence electrons. The molecule has 3 aromatic rings. The zero-order chi connectivity index (χ0) is 18.8. The summed E-state index contributed by atoms with van der Waals surface area (Å²) >= 11 is 0. The summed E-state index contributed by atoms with van der Waals surface area (Å²) in [6, 6.07) is 16.7. The van der Waals surface area contributed by atoms with E-state index < -0.39 is 11.9 Å². The molecule has 4 rings (SSSR count). The monoisotopic (exact) mass is 366 g/mol. The molecule has 0 bridgehead atoms. The van der Waals surface area contributed by atoms with Crippen LogP contribution in [0.15, 0.2) is 63.8 Å². The number of aromatic nitrogens is 1. The number of aliphatic hydroxyl groups excluding tert-OH is 1. The minimum Gasteiger partial charge on any atom is -0.408 e. The molecule has 1 N–H and O–H groups in total. The van der Waals surface area contributed by atoms with Gasteiger partial charge in [-0.05, 0) is 36.5 Å². The van der Waals surface area contributed by atoms with Gasteiger partial charge in [0.1, 0.15) is 6.54 Å². The minimum absolute atomic E-state index is 0.0260. The molecule has 2 heterocycles. The number of para-hydroxylation sites is 2. The van der Waals surface area contributed by atoms with Gasteiger partial charge in [0.15, 0.2) is 5.58 Å². The average molecular weight is 366 g/mol. The first kappa shape index (κ1) is 17.5. The molecule has 0 aliphatic carbocycles. The van der Waals surface area contributed by atoms with Crippen LogP contribution in [0.1, 0.15) is 24.5 Å². The number of aliphatic hydroxyl groups is 1. The summed E-state index contributed by atoms with van der Waals surface area (Å²) in [4.78, 5) is 26.5. The van der Waals surface area contributed by atoms with Crippen molar-refractivity contribution in [3.63, 3.8) is 0 Å². The average Bonchev–Trinajstić information content (AvgIpc) is 3.03. The van der Waals surface area contributed by atoms with Gasteiger partial charge in [-0.3, -0.25) is 9.36 Å². The fourth-order valence-corrected chi connectivity index (χ4v) is 3.79. The Kier molecular flexibility index (Phi) is 4.81. The highest BCUT2D eigenvalue weighted by Crippen LogP contribution is 2.30. The predicted molar refractivity (Wildman–Crippen MR) is 101 cm³/mol. The highest BCUT2D eigenvalue weighted by Gasteiger charge is 2.28. The molecular formula is C21H22N2O4. The summed E-state index contributed by atoms with van der Waals surface area (Å²) in [7, 11) is 0. The summed E-state index contributed by atoms with van der Waals surface area (Å²) in [5.74, 6) is -0.482. The highest BCUT2D eigenvalue weighted by atomic mass is 16.4. The Morgan fingerprint density at radius 3 is 2.48 bits per heavy atom. The van der Waals surface area contributed by atoms with Crippen molar-refractivity contribution in [3.05, 3.63) is 70.7 Å². The number of oxazole rings is 1. The highest BCUT2D eigenvalue weighted by molar-refractivity contribution is 5.79. The van der Waals surface area contributed by atoms with Gasteiger partial charge >= 0.3 is 5.76 Å². The molecule has 27 heavy (non-hydrogen) atoms. The van der Waals surface area contributed by atoms with Gasteiger partial charge in [-0.2, -0.15) is 0 Å². The molecule has 1 amide bonds. The second-order valence-corrected chi connectivity index (χ2v) is 7.00. The number of fused-ring (bicyclic) bond motifs is 1. The molecule has 1 saturated heterocycles. The Labute approximate surface area is 156 Å². The third-order valence-corrected chi connectivity index (χ3v) is 5.35. The van der Waals surface area contributed by atoms with Crippen LogP contribution < -0.4 is 5.76 Å². The van der Waals surface area contributed by atoms with E-state index in [4.69, 9.17) is 4.42 Å². The van der Waals surface area contributed by atoms with Crippen LogP contribution in [0, 0.1) is 5.92 Å². The molecule has 0 spiro atoms. The molecule has 0 saturated carbocycles. The maximum absolute atomic E-state index is 12.7. The van der Waals surface area contributed by atoms with E-state index in [2.05, 4.69) is 0 Å². The maximum Gasteiger partial charge on any atom is 0.420 e. The van der Waals surface area contributed by atoms with Crippen molar-refractivity contribution in [2.75, 3.05) is 13.1 Å². The van der Waals surface area contributed by atoms with Crippen LogP contribution in [0.3, 0.4) is 0 Å². The molecule has 6 heteroatoms. The van der Waals surface area contributed by atoms with Crippen LogP contribution in [0.2, 0.25) is 0 Å². The van der Waals surface area contributed by atoms with Crippen molar-refractivity contribution >= 4 is 17.0 Å². The Bertz CT molecular complexity index is 984. The lowest BCUT2D eigenvalue weighted by Crippen LogP contribution is -2.42. The van der Waals surface area contributed by atoms with Gasteiger partial charge in [-0.15, -0.1) is 0 Å². The number of rotatable bonds is 4. The van der Waals surface area contributed by atoms with Gasteiger partial charge in [-0.25, -0.2) is 4.79 Å². The maximum atomic E-state index is 12.7. The van der Waals surface area contributed by atoms with Crippen LogP contribution in [0.25, 0.3) is 11.1 Å². The number of carbonyl (C=O) groups excluding carboxylic acids is 1. The fourth-order valence-electron chi connectivity index (χ4n) is 3.79. The summed E-state index contributed by atoms with van der Waals surface area (Å²) in [6.45, 7) is 1.14. The molecule has 1 aliphatic heterocycles. The van der Waals surface area contributed by atoms with Crippen LogP contribution in [0.5, 0.6) is 0 Å². The summed E-state index contributed by atoms with van der Waals surface area (Å²) < 4.78 is 6.57. The number of carbonyl (C=O) groups is 1. The van der Waals surface area contributed by atoms with E-state index in [0.717, 1.165) is 18.4 Å². The van der Waals surface area contributed by atoms with E-state index in [1.165, 1.54) is 4.57 Å². The largest absolute Gasteiger partial charge is 0.420 e. The zero-order valence-electron chi connectivity index (χ0n) is 15.0. The quantitative estimate of drug-likeness (QED) is 0.770. The van der Waals surface area contributed by atoms with E-state index in [-0.39, 0.29) is 18.4 Å². The van der Waals surface area contributed by atoms with E-state index in [9.17, 15) is 14.7 Å². The van der Waals surface area contributed by atoms with E-state index in [1.54, 1.807) is 23.1 Å². The fraction of sp³-hybridized carbons (Fsp3) is 0.333. The number of amides is 1. The SMILES string of the molecule is O=C(Cn1c(=O)oc2ccccc21)N1CCC(C(O)c2ccccc2)CC1. The van der Waals surface area contributed by atoms with Gasteiger partial charge in [-0.1, -0.05) is 42.5 Å². The lowest BCUT2D eigenvalue weighted by Gasteiger charge is -2.34. The number of benzene rings is 2. The van der Waals surface area contributed by atoms with E-state index in [0.29, 0.717) is 24.2 Å². The van der Waals surface area contributed by atoms with E-state index >= 15 is 0 Å². The molecular weight excluding hydrogens is 344 g/mol. The van der Waals surface area contributed by atoms with Gasteiger partial charge < -0.3 is 14.4 Å². The number of likely N-dealkylation sites (tertiary alicyclic amines) is 1. The Hall–Kier alpha value is -2.86. The van der Waals surface area contributed by atoms with Crippen molar-refractivity contribution in [2.24, 2.45) is 5.92 Å². The summed E-state index contributed by atoms with van der Waals surface area (Å²) in [5.41, 5.74) is 2.03. The first-order valence-corrected chi connectivity index (χ1v) is 9.22. The lowest BCUT2D eigenvalue weighted by molar-refractivity contribution is -0.133. The Balaban J connectivity index is 1.40. The molecule has 6 nitrogen and oxygen atoms in total. The van der Waals surface area contributed by atoms with Crippen LogP contribution in [-0.2, 0) is 11.3 Å². The molecule has 1 aromatic heterocycles. The zero-order valence-corrected chi connectivity index (χ0v) is 15.0. The second-order valence-electron chi connectivity index (χ2n) is 7.00. The molecule has 1 atom stereocenters. The molecule has 1 fully saturated rings. The second kappa shape index (κ2) is 7.40. The smallest absolute Gasteiger partial charge is 0.408 e. The number of hydrogen-bond acceptors (Lipinski definition) is 4. The van der Waals surface area contributed by atoms with Gasteiger partial charge in [0.2, 0.25) is 5.91 Å². The predicted octanol–water partition coefficient (Wildman–Crippen LogP) is 2.57. The van der Waals surface area contributed by atoms with Crippen molar-refractivity contribution in [3.8, 4) is 0 Å². The standard InChI is InChI=1S/C21H22N2O4/c24-19(14-23-17-8-4-5-9-18(17)27-21(23)26)22-12-10-16(11-13-22)20(25)15-6-2-1-3-7-15/h1-9,16,20,25H,10-14H2. The normalized spacial score (nSPS) is 16.6. The van der Waals surface area contributed by atoms with Crippen molar-refractivity contribution in [1.29, 1.82) is 0 Å². The topological polar surface area (TPSA) is 75.7 Å². The third kappa shape index (κ3) is 3.53. The number of hydrogen-bond donors (Lipinski definition) is 1. The van der Waals surface area contributed by atoms with Crippen molar-refractivity contribution in [1.82, 2.24) is 9.47 Å². The van der Waals surface area contributed by atoms with Crippen molar-refractivity contribution < 1.29 is 14.3 Å². The van der Waals surface area contributed by atoms with Crippen molar-refractivity contribution in [2.45, 2.75) is 25.5 Å². The molecule has 2 aromatic carbocycles. The minimum atomic E-state index is -0.515. The molecule has 1 unspecified atom stereocenters. The first-order chi connectivity index (χ1) is 13.1. The summed E-state index contributed by atoms with van der Waals surface area (Å²) in [5, 5.41) is 10.6. The first-order valence-electron chi connectivity index (χ1n) is 9.22. The third-order valence-electron chi connectivity index (χ3n) is 5.35. The van der Waals surface area contributed by atoms with Crippen LogP contribution >= 0.6 is 0 Å². The van der Waals surface area contributed by atoms with Gasteiger partial charge in [0, 0.05) is 13.1 Å². The number of piperidine rings is 1. The molecule has 1 aliphatic rings. The van der Waals surface area contributed by atoms with Crippen LogP contribution in [0.4, 0.5) is 0 Å². The van der Waals surface area contributed by atoms with Gasteiger partial charge in [0.05, 0.1) is 11.6 Å². The van der Waals surface area contributed by atoms with Crippen LogP contribution in [-0.4, -0.2) is 33.6 Å². The van der Waals surface area contributed by atoms with E-state index in [1.807, 2.05) is 36.4 Å². The lowest BCUT2D eigenvalue weighted by atomic mass is 9.87. The number of nitrogens with zero attached hydrogens (tertiary/aromatic N) is 2. The van der Waals surface area contributed by atoms with Gasteiger partial charge in [0.25, 0.3) is 0 Å². The Morgan fingerprint density at radius 1 is 1.07 bits per heavy atom. The Morgan fingerprint density at radius 2 is 1.74 bits per heavy atom.